The number of nitrogens with zero attached hydrogens (tertiary/aromatic N) is 3. The molecule has 148 valence electrons. The standard InChI is InChI=1S/C21H20N4O4/c1-14-5-7-16(21-25-23-13-29-21)11-17(14)24-20(26)4-3-9-28-18-8-6-15(12-22)10-19(18)27-2/h5-8,10-11,13H,3-4,9H2,1-2H3,(H,24,26). The maximum Gasteiger partial charge on any atom is 0.247 e. The Bertz CT molecular complexity index is 1030. The molecule has 0 aliphatic rings. The number of benzene rings is 2. The molecule has 0 saturated carbocycles. The second-order valence-corrected chi connectivity index (χ2v) is 6.25. The van der Waals surface area contributed by atoms with Crippen molar-refractivity contribution < 1.29 is 18.7 Å². The summed E-state index contributed by atoms with van der Waals surface area (Å²) in [6, 6.07) is 12.6. The van der Waals surface area contributed by atoms with Crippen LogP contribution in [0.2, 0.25) is 0 Å². The largest absolute Gasteiger partial charge is 0.493 e. The number of nitriles is 1. The van der Waals surface area contributed by atoms with Gasteiger partial charge in [-0.2, -0.15) is 5.26 Å². The minimum Gasteiger partial charge on any atom is -0.493 e. The zero-order valence-corrected chi connectivity index (χ0v) is 16.1. The summed E-state index contributed by atoms with van der Waals surface area (Å²) in [5.74, 6) is 1.30. The maximum absolute atomic E-state index is 12.3. The van der Waals surface area contributed by atoms with Gasteiger partial charge < -0.3 is 19.2 Å². The molecule has 1 N–H and O–H groups in total. The minimum absolute atomic E-state index is 0.119. The molecule has 0 atom stereocenters. The van der Waals surface area contributed by atoms with Crippen molar-refractivity contribution in [2.75, 3.05) is 19.0 Å². The lowest BCUT2D eigenvalue weighted by Crippen LogP contribution is -2.13. The van der Waals surface area contributed by atoms with E-state index in [1.165, 1.54) is 13.5 Å². The molecule has 1 aromatic heterocycles. The quantitative estimate of drug-likeness (QED) is 0.582. The first-order chi connectivity index (χ1) is 14.1. The summed E-state index contributed by atoms with van der Waals surface area (Å²) in [7, 11) is 1.52. The minimum atomic E-state index is -0.119. The molecule has 0 saturated heterocycles. The van der Waals surface area contributed by atoms with Gasteiger partial charge in [0.05, 0.1) is 25.3 Å². The highest BCUT2D eigenvalue weighted by Crippen LogP contribution is 2.28. The Morgan fingerprint density at radius 3 is 2.83 bits per heavy atom. The first kappa shape index (κ1) is 19.9. The lowest BCUT2D eigenvalue weighted by atomic mass is 10.1. The molecule has 29 heavy (non-hydrogen) atoms. The normalized spacial score (nSPS) is 10.2. The summed E-state index contributed by atoms with van der Waals surface area (Å²) < 4.78 is 16.1. The van der Waals surface area contributed by atoms with Crippen molar-refractivity contribution in [2.24, 2.45) is 0 Å². The number of nitrogens with one attached hydrogen (secondary N) is 1. The van der Waals surface area contributed by atoms with E-state index in [4.69, 9.17) is 19.2 Å². The molecule has 0 aliphatic carbocycles. The summed E-state index contributed by atoms with van der Waals surface area (Å²) in [6.07, 6.45) is 2.08. The molecule has 0 radical (unpaired) electrons. The number of aryl methyl sites for hydroxylation is 1. The van der Waals surface area contributed by atoms with Crippen LogP contribution in [0.5, 0.6) is 11.5 Å². The SMILES string of the molecule is COc1cc(C#N)ccc1OCCCC(=O)Nc1cc(-c2nnco2)ccc1C. The van der Waals surface area contributed by atoms with E-state index in [1.807, 2.05) is 25.1 Å². The zero-order chi connectivity index (χ0) is 20.6. The van der Waals surface area contributed by atoms with Crippen LogP contribution >= 0.6 is 0 Å². The van der Waals surface area contributed by atoms with Crippen LogP contribution in [0.3, 0.4) is 0 Å². The predicted molar refractivity (Wildman–Crippen MR) is 106 cm³/mol. The second-order valence-electron chi connectivity index (χ2n) is 6.25. The van der Waals surface area contributed by atoms with Crippen LogP contribution in [0.15, 0.2) is 47.2 Å². The van der Waals surface area contributed by atoms with Crippen molar-refractivity contribution in [1.82, 2.24) is 10.2 Å². The van der Waals surface area contributed by atoms with Gasteiger partial charge in [-0.05, 0) is 43.2 Å². The van der Waals surface area contributed by atoms with Crippen LogP contribution in [0.25, 0.3) is 11.5 Å². The van der Waals surface area contributed by atoms with Crippen LogP contribution in [-0.4, -0.2) is 29.8 Å². The number of hydrogen-bond acceptors (Lipinski definition) is 7. The molecule has 3 aromatic rings. The molecular formula is C21H20N4O4. The molecule has 0 bridgehead atoms. The lowest BCUT2D eigenvalue weighted by Gasteiger charge is -2.12. The Morgan fingerprint density at radius 1 is 1.24 bits per heavy atom. The third-order valence-corrected chi connectivity index (χ3v) is 4.22. The van der Waals surface area contributed by atoms with Gasteiger partial charge in [-0.15, -0.1) is 10.2 Å². The highest BCUT2D eigenvalue weighted by Gasteiger charge is 2.10. The molecule has 8 heteroatoms. The Labute approximate surface area is 168 Å². The van der Waals surface area contributed by atoms with E-state index < -0.39 is 0 Å². The fraction of sp³-hybridized carbons (Fsp3) is 0.238. The summed E-state index contributed by atoms with van der Waals surface area (Å²) in [6.45, 7) is 2.25. The number of methoxy groups -OCH3 is 1. The number of aromatic nitrogens is 2. The van der Waals surface area contributed by atoms with Gasteiger partial charge in [0.1, 0.15) is 0 Å². The summed E-state index contributed by atoms with van der Waals surface area (Å²) in [5.41, 5.74) is 2.85. The van der Waals surface area contributed by atoms with Crippen molar-refractivity contribution in [3.8, 4) is 29.0 Å². The van der Waals surface area contributed by atoms with E-state index in [2.05, 4.69) is 15.5 Å². The van der Waals surface area contributed by atoms with Gasteiger partial charge in [0.15, 0.2) is 11.5 Å². The summed E-state index contributed by atoms with van der Waals surface area (Å²) in [5, 5.41) is 19.4. The van der Waals surface area contributed by atoms with E-state index in [0.29, 0.717) is 48.1 Å². The highest BCUT2D eigenvalue weighted by molar-refractivity contribution is 5.92. The van der Waals surface area contributed by atoms with E-state index in [9.17, 15) is 4.79 Å². The molecular weight excluding hydrogens is 372 g/mol. The van der Waals surface area contributed by atoms with Crippen molar-refractivity contribution in [2.45, 2.75) is 19.8 Å². The number of amides is 1. The molecule has 0 unspecified atom stereocenters. The van der Waals surface area contributed by atoms with E-state index in [0.717, 1.165) is 11.1 Å². The fourth-order valence-electron chi connectivity index (χ4n) is 2.67. The fourth-order valence-corrected chi connectivity index (χ4v) is 2.67. The monoisotopic (exact) mass is 392 g/mol. The van der Waals surface area contributed by atoms with Crippen LogP contribution in [0.4, 0.5) is 5.69 Å². The van der Waals surface area contributed by atoms with E-state index in [-0.39, 0.29) is 5.91 Å². The van der Waals surface area contributed by atoms with Crippen LogP contribution < -0.4 is 14.8 Å². The van der Waals surface area contributed by atoms with Crippen LogP contribution in [-0.2, 0) is 4.79 Å². The molecule has 3 rings (SSSR count). The number of rotatable bonds is 8. The van der Waals surface area contributed by atoms with Gasteiger partial charge in [0.25, 0.3) is 0 Å². The molecule has 1 heterocycles. The molecule has 1 amide bonds. The number of ether oxygens (including phenoxy) is 2. The molecule has 0 aliphatic heterocycles. The highest BCUT2D eigenvalue weighted by atomic mass is 16.5. The Morgan fingerprint density at radius 2 is 2.10 bits per heavy atom. The van der Waals surface area contributed by atoms with Crippen molar-refractivity contribution in [3.63, 3.8) is 0 Å². The third kappa shape index (κ3) is 5.11. The topological polar surface area (TPSA) is 110 Å². The van der Waals surface area contributed by atoms with Crippen LogP contribution in [0, 0.1) is 18.3 Å². The van der Waals surface area contributed by atoms with Crippen molar-refractivity contribution in [3.05, 3.63) is 53.9 Å². The smallest absolute Gasteiger partial charge is 0.247 e. The average molecular weight is 392 g/mol. The number of carbonyl (C=O) groups is 1. The number of anilines is 1. The lowest BCUT2D eigenvalue weighted by molar-refractivity contribution is -0.116. The zero-order valence-electron chi connectivity index (χ0n) is 16.1. The summed E-state index contributed by atoms with van der Waals surface area (Å²) in [4.78, 5) is 12.3. The first-order valence-electron chi connectivity index (χ1n) is 8.98. The average Bonchev–Trinajstić information content (AvgIpc) is 3.27. The molecule has 0 spiro atoms. The van der Waals surface area contributed by atoms with Gasteiger partial charge in [0, 0.05) is 23.7 Å². The first-order valence-corrected chi connectivity index (χ1v) is 8.98. The van der Waals surface area contributed by atoms with E-state index in [1.54, 1.807) is 24.3 Å². The van der Waals surface area contributed by atoms with Gasteiger partial charge >= 0.3 is 0 Å². The number of hydrogen-bond donors (Lipinski definition) is 1. The molecule has 8 nitrogen and oxygen atoms in total. The summed E-state index contributed by atoms with van der Waals surface area (Å²) >= 11 is 0. The van der Waals surface area contributed by atoms with Crippen molar-refractivity contribution in [1.29, 1.82) is 5.26 Å². The van der Waals surface area contributed by atoms with Crippen LogP contribution in [0.1, 0.15) is 24.0 Å². The Kier molecular flexibility index (Phi) is 6.43. The number of carbonyl (C=O) groups excluding carboxylic acids is 1. The van der Waals surface area contributed by atoms with Gasteiger partial charge in [-0.25, -0.2) is 0 Å². The van der Waals surface area contributed by atoms with Crippen molar-refractivity contribution >= 4 is 11.6 Å². The predicted octanol–water partition coefficient (Wildman–Crippen LogP) is 3.72. The maximum atomic E-state index is 12.3. The molecule has 0 fully saturated rings. The van der Waals surface area contributed by atoms with Gasteiger partial charge in [-0.3, -0.25) is 4.79 Å². The van der Waals surface area contributed by atoms with Gasteiger partial charge in [0.2, 0.25) is 18.2 Å². The Hall–Kier alpha value is -3.86. The Balaban J connectivity index is 1.52. The second kappa shape index (κ2) is 9.37. The van der Waals surface area contributed by atoms with E-state index >= 15 is 0 Å². The van der Waals surface area contributed by atoms with Gasteiger partial charge in [-0.1, -0.05) is 6.07 Å². The molecule has 2 aromatic carbocycles. The third-order valence-electron chi connectivity index (χ3n) is 4.22.